The topological polar surface area (TPSA) is 58.6 Å². The fourth-order valence-electron chi connectivity index (χ4n) is 3.57. The Bertz CT molecular complexity index is 809. The predicted molar refractivity (Wildman–Crippen MR) is 110 cm³/mol. The number of rotatable bonds is 6. The molecule has 5 heteroatoms. The molecule has 148 valence electrons. The average molecular weight is 380 g/mol. The lowest BCUT2D eigenvalue weighted by atomic mass is 9.95. The van der Waals surface area contributed by atoms with Gasteiger partial charge in [-0.05, 0) is 56.0 Å². The number of ether oxygens (including phenoxy) is 1. The van der Waals surface area contributed by atoms with Gasteiger partial charge in [-0.3, -0.25) is 9.59 Å². The average Bonchev–Trinajstić information content (AvgIpc) is 2.73. The summed E-state index contributed by atoms with van der Waals surface area (Å²) in [6, 6.07) is 15.6. The van der Waals surface area contributed by atoms with Crippen LogP contribution in [0.15, 0.2) is 48.5 Å². The summed E-state index contributed by atoms with van der Waals surface area (Å²) in [5.41, 5.74) is 2.97. The van der Waals surface area contributed by atoms with Crippen molar-refractivity contribution in [2.24, 2.45) is 5.92 Å². The molecule has 1 saturated heterocycles. The third-order valence-corrected chi connectivity index (χ3v) is 5.29. The minimum absolute atomic E-state index is 0.0163. The number of carbonyl (C=O) groups excluding carboxylic acids is 2. The van der Waals surface area contributed by atoms with Crippen molar-refractivity contribution in [1.29, 1.82) is 0 Å². The first-order valence-corrected chi connectivity index (χ1v) is 9.83. The zero-order chi connectivity index (χ0) is 19.9. The lowest BCUT2D eigenvalue weighted by molar-refractivity contribution is -0.126. The maximum absolute atomic E-state index is 12.6. The maximum atomic E-state index is 12.6. The number of nitrogens with one attached hydrogen (secondary N) is 1. The van der Waals surface area contributed by atoms with Crippen molar-refractivity contribution in [3.63, 3.8) is 0 Å². The molecule has 0 saturated carbocycles. The van der Waals surface area contributed by atoms with Gasteiger partial charge in [0.1, 0.15) is 5.75 Å². The zero-order valence-electron chi connectivity index (χ0n) is 16.6. The Labute approximate surface area is 166 Å². The van der Waals surface area contributed by atoms with Crippen LogP contribution in [0.3, 0.4) is 0 Å². The van der Waals surface area contributed by atoms with E-state index >= 15 is 0 Å². The van der Waals surface area contributed by atoms with Crippen LogP contribution in [0.1, 0.15) is 34.3 Å². The Hall–Kier alpha value is -2.82. The molecular weight excluding hydrogens is 352 g/mol. The second-order valence-corrected chi connectivity index (χ2v) is 7.33. The summed E-state index contributed by atoms with van der Waals surface area (Å²) >= 11 is 0. The summed E-state index contributed by atoms with van der Waals surface area (Å²) in [6.45, 7) is 3.86. The van der Waals surface area contributed by atoms with Crippen LogP contribution in [-0.4, -0.2) is 43.5 Å². The van der Waals surface area contributed by atoms with E-state index in [-0.39, 0.29) is 17.7 Å². The standard InChI is InChI=1S/C23H28N2O3/c1-17-4-3-5-20(16-17)23(27)25-14-11-19(12-15-25)22(26)24-13-10-18-6-8-21(28-2)9-7-18/h3-9,16,19H,10-15H2,1-2H3,(H,24,26). The number of carbonyl (C=O) groups is 2. The smallest absolute Gasteiger partial charge is 0.253 e. The van der Waals surface area contributed by atoms with Crippen LogP contribution in [0, 0.1) is 12.8 Å². The van der Waals surface area contributed by atoms with Crippen molar-refractivity contribution in [2.45, 2.75) is 26.2 Å². The molecule has 0 aliphatic carbocycles. The first kappa shape index (κ1) is 19.9. The highest BCUT2D eigenvalue weighted by Crippen LogP contribution is 2.20. The zero-order valence-corrected chi connectivity index (χ0v) is 16.6. The number of hydrogen-bond acceptors (Lipinski definition) is 3. The molecule has 2 aromatic carbocycles. The van der Waals surface area contributed by atoms with Crippen molar-refractivity contribution in [1.82, 2.24) is 10.2 Å². The first-order chi connectivity index (χ1) is 13.6. The molecule has 0 unspecified atom stereocenters. The van der Waals surface area contributed by atoms with Gasteiger partial charge in [0.15, 0.2) is 0 Å². The number of aryl methyl sites for hydroxylation is 1. The molecule has 1 N–H and O–H groups in total. The fraction of sp³-hybridized carbons (Fsp3) is 0.391. The molecule has 28 heavy (non-hydrogen) atoms. The Morgan fingerprint density at radius 2 is 1.82 bits per heavy atom. The number of benzene rings is 2. The molecule has 1 aliphatic rings. The lowest BCUT2D eigenvalue weighted by Crippen LogP contribution is -2.43. The van der Waals surface area contributed by atoms with Crippen LogP contribution < -0.4 is 10.1 Å². The van der Waals surface area contributed by atoms with Gasteiger partial charge in [-0.1, -0.05) is 29.8 Å². The summed E-state index contributed by atoms with van der Waals surface area (Å²) in [4.78, 5) is 26.9. The molecule has 3 rings (SSSR count). The molecule has 5 nitrogen and oxygen atoms in total. The van der Waals surface area contributed by atoms with Crippen molar-refractivity contribution >= 4 is 11.8 Å². The van der Waals surface area contributed by atoms with E-state index < -0.39 is 0 Å². The second-order valence-electron chi connectivity index (χ2n) is 7.33. The molecule has 0 bridgehead atoms. The van der Waals surface area contributed by atoms with E-state index in [1.165, 1.54) is 5.56 Å². The van der Waals surface area contributed by atoms with Crippen LogP contribution in [0.2, 0.25) is 0 Å². The van der Waals surface area contributed by atoms with Crippen LogP contribution >= 0.6 is 0 Å². The lowest BCUT2D eigenvalue weighted by Gasteiger charge is -2.31. The third kappa shape index (κ3) is 5.12. The highest BCUT2D eigenvalue weighted by molar-refractivity contribution is 5.94. The monoisotopic (exact) mass is 380 g/mol. The van der Waals surface area contributed by atoms with E-state index in [0.29, 0.717) is 32.5 Å². The molecule has 0 atom stereocenters. The van der Waals surface area contributed by atoms with Gasteiger partial charge >= 0.3 is 0 Å². The normalized spacial score (nSPS) is 14.6. The summed E-state index contributed by atoms with van der Waals surface area (Å²) in [5, 5.41) is 3.04. The predicted octanol–water partition coefficient (Wildman–Crippen LogP) is 3.21. The number of methoxy groups -OCH3 is 1. The van der Waals surface area contributed by atoms with Crippen molar-refractivity contribution in [2.75, 3.05) is 26.7 Å². The third-order valence-electron chi connectivity index (χ3n) is 5.29. The molecule has 2 amide bonds. The number of piperidine rings is 1. The van der Waals surface area contributed by atoms with Crippen molar-refractivity contribution in [3.8, 4) is 5.75 Å². The van der Waals surface area contributed by atoms with Gasteiger partial charge in [0.05, 0.1) is 7.11 Å². The summed E-state index contributed by atoms with van der Waals surface area (Å²) in [6.07, 6.45) is 2.22. The number of hydrogen-bond donors (Lipinski definition) is 1. The Kier molecular flexibility index (Phi) is 6.69. The van der Waals surface area contributed by atoms with E-state index in [2.05, 4.69) is 5.32 Å². The van der Waals surface area contributed by atoms with Crippen LogP contribution in [0.5, 0.6) is 5.75 Å². The minimum Gasteiger partial charge on any atom is -0.497 e. The summed E-state index contributed by atoms with van der Waals surface area (Å²) in [5.74, 6) is 0.968. The van der Waals surface area contributed by atoms with E-state index in [9.17, 15) is 9.59 Å². The molecule has 2 aromatic rings. The molecule has 0 spiro atoms. The minimum atomic E-state index is -0.0163. The van der Waals surface area contributed by atoms with E-state index in [1.54, 1.807) is 7.11 Å². The molecular formula is C23H28N2O3. The van der Waals surface area contributed by atoms with E-state index in [0.717, 1.165) is 23.3 Å². The van der Waals surface area contributed by atoms with Crippen molar-refractivity contribution < 1.29 is 14.3 Å². The Morgan fingerprint density at radius 1 is 1.11 bits per heavy atom. The van der Waals surface area contributed by atoms with E-state index in [1.807, 2.05) is 60.4 Å². The largest absolute Gasteiger partial charge is 0.497 e. The number of nitrogens with zero attached hydrogens (tertiary/aromatic N) is 1. The highest BCUT2D eigenvalue weighted by atomic mass is 16.5. The van der Waals surface area contributed by atoms with Gasteiger partial charge in [0.2, 0.25) is 5.91 Å². The molecule has 1 heterocycles. The van der Waals surface area contributed by atoms with Gasteiger partial charge in [-0.2, -0.15) is 0 Å². The Balaban J connectivity index is 1.42. The van der Waals surface area contributed by atoms with Gasteiger partial charge in [0, 0.05) is 31.1 Å². The Morgan fingerprint density at radius 3 is 2.46 bits per heavy atom. The quantitative estimate of drug-likeness (QED) is 0.837. The van der Waals surface area contributed by atoms with Crippen LogP contribution in [0.25, 0.3) is 0 Å². The SMILES string of the molecule is COc1ccc(CCNC(=O)C2CCN(C(=O)c3cccc(C)c3)CC2)cc1. The molecule has 0 aromatic heterocycles. The first-order valence-electron chi connectivity index (χ1n) is 9.83. The van der Waals surface area contributed by atoms with Gasteiger partial charge in [-0.25, -0.2) is 0 Å². The van der Waals surface area contributed by atoms with Gasteiger partial charge < -0.3 is 15.0 Å². The number of amides is 2. The number of likely N-dealkylation sites (tertiary alicyclic amines) is 1. The van der Waals surface area contributed by atoms with E-state index in [4.69, 9.17) is 4.74 Å². The fourth-order valence-corrected chi connectivity index (χ4v) is 3.57. The summed E-state index contributed by atoms with van der Waals surface area (Å²) < 4.78 is 5.15. The molecule has 1 fully saturated rings. The van der Waals surface area contributed by atoms with Crippen molar-refractivity contribution in [3.05, 3.63) is 65.2 Å². The molecule has 0 radical (unpaired) electrons. The van der Waals surface area contributed by atoms with Crippen LogP contribution in [-0.2, 0) is 11.2 Å². The van der Waals surface area contributed by atoms with Gasteiger partial charge in [0.25, 0.3) is 5.91 Å². The highest BCUT2D eigenvalue weighted by Gasteiger charge is 2.27. The van der Waals surface area contributed by atoms with Gasteiger partial charge in [-0.15, -0.1) is 0 Å². The summed E-state index contributed by atoms with van der Waals surface area (Å²) in [7, 11) is 1.65. The maximum Gasteiger partial charge on any atom is 0.253 e. The van der Waals surface area contributed by atoms with Crippen LogP contribution in [0.4, 0.5) is 0 Å². The molecule has 1 aliphatic heterocycles. The second kappa shape index (κ2) is 9.40.